The molecule has 2 unspecified atom stereocenters. The lowest BCUT2D eigenvalue weighted by molar-refractivity contribution is -0.0739. The second-order valence-electron chi connectivity index (χ2n) is 12.2. The van der Waals surface area contributed by atoms with Gasteiger partial charge < -0.3 is 9.47 Å². The molecule has 6 rings (SSSR count). The summed E-state index contributed by atoms with van der Waals surface area (Å²) >= 11 is 0. The van der Waals surface area contributed by atoms with Crippen LogP contribution in [-0.2, 0) is 9.47 Å². The van der Waals surface area contributed by atoms with E-state index in [0.29, 0.717) is 0 Å². The van der Waals surface area contributed by atoms with Crippen molar-refractivity contribution in [3.8, 4) is 0 Å². The van der Waals surface area contributed by atoms with E-state index in [2.05, 4.69) is 179 Å². The van der Waals surface area contributed by atoms with Crippen LogP contribution in [-0.4, -0.2) is 22.5 Å². The van der Waals surface area contributed by atoms with Gasteiger partial charge in [-0.2, -0.15) is 0 Å². The van der Waals surface area contributed by atoms with Gasteiger partial charge >= 0.3 is 0 Å². The van der Waals surface area contributed by atoms with Crippen LogP contribution in [0.15, 0.2) is 152 Å². The molecule has 0 aliphatic carbocycles. The number of ether oxygens (including phenoxy) is 2. The van der Waals surface area contributed by atoms with Crippen LogP contribution in [0.4, 0.5) is 0 Å². The van der Waals surface area contributed by atoms with Crippen molar-refractivity contribution in [1.29, 1.82) is 0 Å². The first kappa shape index (κ1) is 29.9. The zero-order chi connectivity index (χ0) is 29.9. The highest BCUT2D eigenvalue weighted by Gasteiger charge is 2.56. The SMILES string of the molecule is CC(C)(C1OC(c2ccccc2)OC1C(C)(C)P(c1ccccc1)c1ccccc1)P(c1ccccc1)c1ccccc1. The van der Waals surface area contributed by atoms with Crippen molar-refractivity contribution in [2.75, 3.05) is 0 Å². The number of hydrogen-bond donors (Lipinski definition) is 0. The van der Waals surface area contributed by atoms with Gasteiger partial charge in [-0.1, -0.05) is 179 Å². The van der Waals surface area contributed by atoms with Gasteiger partial charge in [0.1, 0.15) is 0 Å². The molecule has 1 heterocycles. The molecule has 218 valence electrons. The van der Waals surface area contributed by atoms with E-state index in [4.69, 9.17) is 9.47 Å². The van der Waals surface area contributed by atoms with E-state index in [1.807, 2.05) is 0 Å². The van der Waals surface area contributed by atoms with Crippen molar-refractivity contribution >= 4 is 37.1 Å². The average molecular weight is 603 g/mol. The molecule has 1 saturated heterocycles. The van der Waals surface area contributed by atoms with Crippen LogP contribution in [0.1, 0.15) is 39.5 Å². The number of rotatable bonds is 9. The van der Waals surface area contributed by atoms with Gasteiger partial charge in [0.2, 0.25) is 0 Å². The fraction of sp³-hybridized carbons (Fsp3) is 0.231. The Morgan fingerprint density at radius 3 is 0.930 bits per heavy atom. The Bertz CT molecular complexity index is 1390. The lowest BCUT2D eigenvalue weighted by atomic mass is 9.92. The van der Waals surface area contributed by atoms with Gasteiger partial charge in [-0.3, -0.25) is 0 Å². The molecule has 0 spiro atoms. The van der Waals surface area contributed by atoms with Crippen molar-refractivity contribution in [2.45, 2.75) is 56.5 Å². The molecule has 5 aromatic rings. The van der Waals surface area contributed by atoms with Crippen LogP contribution >= 0.6 is 15.8 Å². The molecule has 0 radical (unpaired) electrons. The zero-order valence-corrected chi connectivity index (χ0v) is 27.2. The summed E-state index contributed by atoms with van der Waals surface area (Å²) in [6, 6.07) is 54.4. The van der Waals surface area contributed by atoms with Crippen molar-refractivity contribution in [2.24, 2.45) is 0 Å². The molecule has 1 fully saturated rings. The predicted molar refractivity (Wildman–Crippen MR) is 185 cm³/mol. The summed E-state index contributed by atoms with van der Waals surface area (Å²) in [5.41, 5.74) is 1.06. The maximum atomic E-state index is 7.16. The topological polar surface area (TPSA) is 18.5 Å². The largest absolute Gasteiger partial charge is 0.341 e. The Labute approximate surface area is 259 Å². The summed E-state index contributed by atoms with van der Waals surface area (Å²) in [5.74, 6) is 0. The Balaban J connectivity index is 1.50. The summed E-state index contributed by atoms with van der Waals surface area (Å²) in [4.78, 5) is 0. The zero-order valence-electron chi connectivity index (χ0n) is 25.4. The molecule has 0 saturated carbocycles. The van der Waals surface area contributed by atoms with E-state index < -0.39 is 22.1 Å². The Morgan fingerprint density at radius 2 is 0.651 bits per heavy atom. The van der Waals surface area contributed by atoms with Crippen molar-refractivity contribution in [3.63, 3.8) is 0 Å². The highest BCUT2D eigenvalue weighted by Crippen LogP contribution is 2.60. The van der Waals surface area contributed by atoms with Gasteiger partial charge in [0.15, 0.2) is 6.29 Å². The van der Waals surface area contributed by atoms with Gasteiger partial charge in [0.25, 0.3) is 0 Å². The van der Waals surface area contributed by atoms with Crippen LogP contribution in [0.3, 0.4) is 0 Å². The van der Waals surface area contributed by atoms with Crippen molar-refractivity contribution in [1.82, 2.24) is 0 Å². The molecule has 0 amide bonds. The van der Waals surface area contributed by atoms with Crippen molar-refractivity contribution in [3.05, 3.63) is 157 Å². The monoisotopic (exact) mass is 602 g/mol. The van der Waals surface area contributed by atoms with E-state index in [9.17, 15) is 0 Å². The van der Waals surface area contributed by atoms with Gasteiger partial charge in [-0.05, 0) is 37.1 Å². The molecule has 1 aliphatic rings. The molecule has 0 bridgehead atoms. The second kappa shape index (κ2) is 12.9. The summed E-state index contributed by atoms with van der Waals surface area (Å²) in [6.45, 7) is 9.60. The summed E-state index contributed by atoms with van der Waals surface area (Å²) in [7, 11) is -1.58. The number of hydrogen-bond acceptors (Lipinski definition) is 2. The van der Waals surface area contributed by atoms with E-state index in [1.54, 1.807) is 0 Å². The van der Waals surface area contributed by atoms with Gasteiger partial charge in [0, 0.05) is 15.9 Å². The smallest absolute Gasteiger partial charge is 0.184 e. The Hall–Kier alpha value is -3.12. The van der Waals surface area contributed by atoms with E-state index in [1.165, 1.54) is 21.2 Å². The quantitative estimate of drug-likeness (QED) is 0.158. The minimum atomic E-state index is -0.792. The van der Waals surface area contributed by atoms with Gasteiger partial charge in [-0.15, -0.1) is 0 Å². The molecule has 43 heavy (non-hydrogen) atoms. The highest BCUT2D eigenvalue weighted by molar-refractivity contribution is 7.75. The third kappa shape index (κ3) is 6.13. The predicted octanol–water partition coefficient (Wildman–Crippen LogP) is 8.29. The van der Waals surface area contributed by atoms with Crippen LogP contribution in [0.2, 0.25) is 0 Å². The number of benzene rings is 5. The fourth-order valence-electron chi connectivity index (χ4n) is 6.47. The minimum absolute atomic E-state index is 0.156. The summed E-state index contributed by atoms with van der Waals surface area (Å²) in [6.07, 6.45) is -0.741. The summed E-state index contributed by atoms with van der Waals surface area (Å²) < 4.78 is 14.3. The third-order valence-electron chi connectivity index (χ3n) is 8.49. The molecule has 1 aliphatic heterocycles. The molecule has 0 N–H and O–H groups in total. The summed E-state index contributed by atoms with van der Waals surface area (Å²) in [5, 5.41) is 4.90. The lowest BCUT2D eigenvalue weighted by Gasteiger charge is -2.47. The highest BCUT2D eigenvalue weighted by atomic mass is 31.1. The molecular formula is C39H40O2P2. The standard InChI is InChI=1S/C39H40O2P2/c1-38(2,42(31-22-12-6-13-23-31)32-24-14-7-15-25-32)35-36(41-37(40-35)30-20-10-5-11-21-30)39(3,4)43(33-26-16-8-17-27-33)34-28-18-9-19-29-34/h5-29,35-37H,1-4H3. The maximum absolute atomic E-state index is 7.16. The van der Waals surface area contributed by atoms with Crippen LogP contribution in [0.5, 0.6) is 0 Å². The van der Waals surface area contributed by atoms with Crippen LogP contribution in [0.25, 0.3) is 0 Å². The molecular weight excluding hydrogens is 562 g/mol. The normalized spacial score (nSPS) is 19.2. The molecule has 0 aromatic heterocycles. The molecule has 2 atom stereocenters. The Kier molecular flexibility index (Phi) is 8.95. The van der Waals surface area contributed by atoms with Crippen LogP contribution < -0.4 is 21.2 Å². The van der Waals surface area contributed by atoms with Crippen molar-refractivity contribution < 1.29 is 9.47 Å². The molecule has 4 heteroatoms. The third-order valence-corrected chi connectivity index (χ3v) is 14.6. The second-order valence-corrected chi connectivity index (χ2v) is 17.9. The van der Waals surface area contributed by atoms with Gasteiger partial charge in [-0.25, -0.2) is 0 Å². The van der Waals surface area contributed by atoms with E-state index >= 15 is 0 Å². The molecule has 2 nitrogen and oxygen atoms in total. The first-order chi connectivity index (χ1) is 20.9. The minimum Gasteiger partial charge on any atom is -0.341 e. The van der Waals surface area contributed by atoms with Crippen LogP contribution in [0, 0.1) is 0 Å². The first-order valence-corrected chi connectivity index (χ1v) is 17.7. The van der Waals surface area contributed by atoms with Gasteiger partial charge in [0.05, 0.1) is 12.2 Å². The Morgan fingerprint density at radius 1 is 0.395 bits per heavy atom. The van der Waals surface area contributed by atoms with E-state index in [-0.39, 0.29) is 22.5 Å². The fourth-order valence-corrected chi connectivity index (χ4v) is 12.5. The maximum Gasteiger partial charge on any atom is 0.184 e. The van der Waals surface area contributed by atoms with E-state index in [0.717, 1.165) is 5.56 Å². The first-order valence-electron chi connectivity index (χ1n) is 15.0. The average Bonchev–Trinajstić information content (AvgIpc) is 3.52. The lowest BCUT2D eigenvalue weighted by Crippen LogP contribution is -2.53. The molecule has 5 aromatic carbocycles.